The molecule has 1 aromatic heterocycles. The summed E-state index contributed by atoms with van der Waals surface area (Å²) in [6.07, 6.45) is 6.09. The van der Waals surface area contributed by atoms with E-state index >= 15 is 0 Å². The van der Waals surface area contributed by atoms with Crippen LogP contribution in [0.25, 0.3) is 0 Å². The van der Waals surface area contributed by atoms with Crippen LogP contribution in [0.4, 0.5) is 5.95 Å². The Balaban J connectivity index is 1.51. The third-order valence-electron chi connectivity index (χ3n) is 4.15. The lowest BCUT2D eigenvalue weighted by atomic mass is 10.0. The lowest BCUT2D eigenvalue weighted by molar-refractivity contribution is 0.0112. The summed E-state index contributed by atoms with van der Waals surface area (Å²) in [6, 6.07) is 0.501. The van der Waals surface area contributed by atoms with E-state index in [1.54, 1.807) is 0 Å². The number of ether oxygens (including phenoxy) is 1. The normalized spacial score (nSPS) is 27.8. The number of rotatable bonds is 4. The summed E-state index contributed by atoms with van der Waals surface area (Å²) < 4.78 is 5.76. The third kappa shape index (κ3) is 3.49. The number of H-pyrrole nitrogens is 1. The van der Waals surface area contributed by atoms with Crippen LogP contribution >= 0.6 is 0 Å². The molecule has 0 amide bonds. The molecule has 0 aliphatic carbocycles. The van der Waals surface area contributed by atoms with E-state index in [-0.39, 0.29) is 0 Å². The van der Waals surface area contributed by atoms with Gasteiger partial charge in [0.1, 0.15) is 5.82 Å². The summed E-state index contributed by atoms with van der Waals surface area (Å²) in [5.41, 5.74) is 0. The third-order valence-corrected chi connectivity index (χ3v) is 4.15. The minimum atomic E-state index is 0.413. The molecule has 6 heteroatoms. The van der Waals surface area contributed by atoms with Gasteiger partial charge in [-0.05, 0) is 32.6 Å². The Kier molecular flexibility index (Phi) is 4.52. The molecule has 2 atom stereocenters. The lowest BCUT2D eigenvalue weighted by Crippen LogP contribution is -2.49. The van der Waals surface area contributed by atoms with Crippen LogP contribution in [0, 0.1) is 0 Å². The van der Waals surface area contributed by atoms with Gasteiger partial charge in [0, 0.05) is 38.7 Å². The number of hydrogen-bond acceptors (Lipinski definition) is 5. The van der Waals surface area contributed by atoms with Crippen molar-refractivity contribution in [3.8, 4) is 0 Å². The van der Waals surface area contributed by atoms with E-state index in [4.69, 9.17) is 4.74 Å². The quantitative estimate of drug-likeness (QED) is 0.864. The topological polar surface area (TPSA) is 66.1 Å². The van der Waals surface area contributed by atoms with Crippen LogP contribution < -0.4 is 10.2 Å². The van der Waals surface area contributed by atoms with Gasteiger partial charge in [0.05, 0.1) is 6.10 Å². The number of hydrogen-bond donors (Lipinski definition) is 2. The summed E-state index contributed by atoms with van der Waals surface area (Å²) in [6.45, 7) is 6.07. The van der Waals surface area contributed by atoms with Gasteiger partial charge in [-0.1, -0.05) is 0 Å². The highest BCUT2D eigenvalue weighted by Crippen LogP contribution is 2.17. The lowest BCUT2D eigenvalue weighted by Gasteiger charge is -2.30. The average molecular weight is 279 g/mol. The van der Waals surface area contributed by atoms with Crippen molar-refractivity contribution in [2.24, 2.45) is 0 Å². The SMILES string of the molecule is C[C@H]1CN(c2n[nH]c(CCC3CCCCO3)n2)CCN1. The van der Waals surface area contributed by atoms with Crippen molar-refractivity contribution in [1.29, 1.82) is 0 Å². The van der Waals surface area contributed by atoms with E-state index in [1.807, 2.05) is 0 Å². The molecule has 2 N–H and O–H groups in total. The van der Waals surface area contributed by atoms with E-state index in [2.05, 4.69) is 32.3 Å². The molecule has 3 rings (SSSR count). The highest BCUT2D eigenvalue weighted by molar-refractivity contribution is 5.30. The Bertz CT molecular complexity index is 415. The second kappa shape index (κ2) is 6.54. The number of anilines is 1. The van der Waals surface area contributed by atoms with Crippen LogP contribution in [0.15, 0.2) is 0 Å². The predicted octanol–water partition coefficient (Wildman–Crippen LogP) is 1.10. The Morgan fingerprint density at radius 3 is 3.15 bits per heavy atom. The summed E-state index contributed by atoms with van der Waals surface area (Å²) in [5, 5.41) is 10.9. The molecule has 0 saturated carbocycles. The number of nitrogens with one attached hydrogen (secondary N) is 2. The molecule has 112 valence electrons. The van der Waals surface area contributed by atoms with Crippen molar-refractivity contribution in [1.82, 2.24) is 20.5 Å². The van der Waals surface area contributed by atoms with Crippen LogP contribution in [-0.4, -0.2) is 53.6 Å². The zero-order chi connectivity index (χ0) is 13.8. The van der Waals surface area contributed by atoms with E-state index in [0.29, 0.717) is 12.1 Å². The number of piperazine rings is 1. The number of nitrogens with zero attached hydrogens (tertiary/aromatic N) is 3. The molecule has 0 aromatic carbocycles. The molecular formula is C14H25N5O. The fourth-order valence-corrected chi connectivity index (χ4v) is 2.99. The van der Waals surface area contributed by atoms with Gasteiger partial charge in [0.25, 0.3) is 0 Å². The van der Waals surface area contributed by atoms with Gasteiger partial charge in [-0.25, -0.2) is 0 Å². The van der Waals surface area contributed by atoms with E-state index in [0.717, 1.165) is 50.9 Å². The minimum absolute atomic E-state index is 0.413. The van der Waals surface area contributed by atoms with Gasteiger partial charge >= 0.3 is 0 Å². The first-order valence-electron chi connectivity index (χ1n) is 7.82. The van der Waals surface area contributed by atoms with Crippen LogP contribution in [0.1, 0.15) is 38.4 Å². The average Bonchev–Trinajstić information content (AvgIpc) is 2.95. The molecule has 6 nitrogen and oxygen atoms in total. The maximum atomic E-state index is 5.76. The van der Waals surface area contributed by atoms with Crippen molar-refractivity contribution >= 4 is 5.95 Å². The second-order valence-electron chi connectivity index (χ2n) is 5.91. The highest BCUT2D eigenvalue weighted by atomic mass is 16.5. The van der Waals surface area contributed by atoms with E-state index in [1.165, 1.54) is 19.3 Å². The van der Waals surface area contributed by atoms with Crippen LogP contribution in [0.2, 0.25) is 0 Å². The van der Waals surface area contributed by atoms with Crippen molar-refractivity contribution in [3.63, 3.8) is 0 Å². The Hall–Kier alpha value is -1.14. The molecule has 1 aromatic rings. The molecule has 2 aliphatic rings. The Morgan fingerprint density at radius 2 is 2.35 bits per heavy atom. The van der Waals surface area contributed by atoms with Crippen LogP contribution in [0.3, 0.4) is 0 Å². The molecular weight excluding hydrogens is 254 g/mol. The van der Waals surface area contributed by atoms with Crippen molar-refractivity contribution < 1.29 is 4.74 Å². The fraction of sp³-hybridized carbons (Fsp3) is 0.857. The van der Waals surface area contributed by atoms with E-state index in [9.17, 15) is 0 Å². The number of aromatic amines is 1. The van der Waals surface area contributed by atoms with Crippen molar-refractivity contribution in [2.75, 3.05) is 31.1 Å². The van der Waals surface area contributed by atoms with Gasteiger partial charge in [0.2, 0.25) is 5.95 Å². The van der Waals surface area contributed by atoms with Crippen molar-refractivity contribution in [3.05, 3.63) is 5.82 Å². The molecule has 20 heavy (non-hydrogen) atoms. The maximum Gasteiger partial charge on any atom is 0.244 e. The monoisotopic (exact) mass is 279 g/mol. The van der Waals surface area contributed by atoms with Crippen LogP contribution in [-0.2, 0) is 11.2 Å². The summed E-state index contributed by atoms with van der Waals surface area (Å²) in [4.78, 5) is 6.88. The predicted molar refractivity (Wildman–Crippen MR) is 78.0 cm³/mol. The summed E-state index contributed by atoms with van der Waals surface area (Å²) >= 11 is 0. The smallest absolute Gasteiger partial charge is 0.244 e. The highest BCUT2D eigenvalue weighted by Gasteiger charge is 2.20. The summed E-state index contributed by atoms with van der Waals surface area (Å²) in [7, 11) is 0. The molecule has 3 heterocycles. The number of aromatic nitrogens is 3. The zero-order valence-corrected chi connectivity index (χ0v) is 12.3. The number of aryl methyl sites for hydroxylation is 1. The van der Waals surface area contributed by atoms with E-state index < -0.39 is 0 Å². The summed E-state index contributed by atoms with van der Waals surface area (Å²) in [5.74, 6) is 1.83. The van der Waals surface area contributed by atoms with Gasteiger partial charge in [-0.15, -0.1) is 5.10 Å². The first-order valence-corrected chi connectivity index (χ1v) is 7.82. The zero-order valence-electron chi connectivity index (χ0n) is 12.3. The van der Waals surface area contributed by atoms with Gasteiger partial charge in [-0.3, -0.25) is 5.10 Å². The first-order chi connectivity index (χ1) is 9.81. The van der Waals surface area contributed by atoms with Gasteiger partial charge in [0.15, 0.2) is 0 Å². The van der Waals surface area contributed by atoms with Crippen molar-refractivity contribution in [2.45, 2.75) is 51.2 Å². The fourth-order valence-electron chi connectivity index (χ4n) is 2.99. The molecule has 2 saturated heterocycles. The Labute approximate surface area is 120 Å². The van der Waals surface area contributed by atoms with Gasteiger partial charge < -0.3 is 15.0 Å². The largest absolute Gasteiger partial charge is 0.378 e. The molecule has 0 radical (unpaired) electrons. The molecule has 0 spiro atoms. The molecule has 2 fully saturated rings. The maximum absolute atomic E-state index is 5.76. The molecule has 2 aliphatic heterocycles. The minimum Gasteiger partial charge on any atom is -0.378 e. The first kappa shape index (κ1) is 13.8. The Morgan fingerprint density at radius 1 is 1.40 bits per heavy atom. The van der Waals surface area contributed by atoms with Crippen LogP contribution in [0.5, 0.6) is 0 Å². The van der Waals surface area contributed by atoms with Gasteiger partial charge in [-0.2, -0.15) is 4.98 Å². The molecule has 0 bridgehead atoms. The second-order valence-corrected chi connectivity index (χ2v) is 5.91. The standard InChI is InChI=1S/C14H25N5O/c1-11-10-19(8-7-15-11)14-16-13(17-18-14)6-5-12-4-2-3-9-20-12/h11-12,15H,2-10H2,1H3,(H,16,17,18)/t11-,12?/m0/s1. The molecule has 1 unspecified atom stereocenters.